The number of nitrogens with one attached hydrogen (secondary N) is 1. The van der Waals surface area contributed by atoms with E-state index in [-0.39, 0.29) is 5.92 Å². The Kier molecular flexibility index (Phi) is 4.16. The SMILES string of the molecule is CC1=CC(c2ccc(N(C)C)cc2C(=N)c2ccccc2)C=C1. The van der Waals surface area contributed by atoms with Crippen LogP contribution in [-0.4, -0.2) is 19.8 Å². The van der Waals surface area contributed by atoms with Crippen molar-refractivity contribution >= 4 is 11.4 Å². The highest BCUT2D eigenvalue weighted by atomic mass is 15.1. The van der Waals surface area contributed by atoms with E-state index in [2.05, 4.69) is 48.3 Å². The molecule has 0 fully saturated rings. The molecule has 1 N–H and O–H groups in total. The molecule has 1 aliphatic carbocycles. The molecule has 0 amide bonds. The van der Waals surface area contributed by atoms with Gasteiger partial charge in [-0.2, -0.15) is 0 Å². The van der Waals surface area contributed by atoms with Gasteiger partial charge in [-0.25, -0.2) is 0 Å². The molecule has 0 saturated carbocycles. The van der Waals surface area contributed by atoms with Gasteiger partial charge in [0.2, 0.25) is 0 Å². The smallest absolute Gasteiger partial charge is 0.0688 e. The molecule has 0 spiro atoms. The number of hydrogen-bond donors (Lipinski definition) is 1. The number of nitrogens with zero attached hydrogens (tertiary/aromatic N) is 1. The average molecular weight is 302 g/mol. The van der Waals surface area contributed by atoms with Gasteiger partial charge in [0, 0.05) is 36.8 Å². The molecule has 116 valence electrons. The fraction of sp³-hybridized carbons (Fsp3) is 0.190. The molecule has 3 rings (SSSR count). The Morgan fingerprint density at radius 2 is 1.78 bits per heavy atom. The van der Waals surface area contributed by atoms with Crippen LogP contribution in [-0.2, 0) is 0 Å². The Bertz CT molecular complexity index is 783. The van der Waals surface area contributed by atoms with Crippen molar-refractivity contribution < 1.29 is 0 Å². The van der Waals surface area contributed by atoms with Crippen LogP contribution in [0.15, 0.2) is 72.3 Å². The zero-order valence-electron chi connectivity index (χ0n) is 13.9. The maximum Gasteiger partial charge on any atom is 0.0688 e. The minimum atomic E-state index is 0.255. The summed E-state index contributed by atoms with van der Waals surface area (Å²) < 4.78 is 0. The number of hydrogen-bond acceptors (Lipinski definition) is 2. The zero-order valence-corrected chi connectivity index (χ0v) is 13.9. The minimum absolute atomic E-state index is 0.255. The summed E-state index contributed by atoms with van der Waals surface area (Å²) in [6.45, 7) is 2.12. The van der Waals surface area contributed by atoms with Crippen LogP contribution in [0.2, 0.25) is 0 Å². The Balaban J connectivity index is 2.10. The van der Waals surface area contributed by atoms with E-state index in [1.54, 1.807) is 0 Å². The van der Waals surface area contributed by atoms with Crippen molar-refractivity contribution in [2.45, 2.75) is 12.8 Å². The van der Waals surface area contributed by atoms with E-state index in [1.165, 1.54) is 11.1 Å². The van der Waals surface area contributed by atoms with Crippen LogP contribution < -0.4 is 4.90 Å². The summed E-state index contributed by atoms with van der Waals surface area (Å²) >= 11 is 0. The highest BCUT2D eigenvalue weighted by Crippen LogP contribution is 2.32. The fourth-order valence-corrected chi connectivity index (χ4v) is 2.93. The average Bonchev–Trinajstić information content (AvgIpc) is 3.00. The van der Waals surface area contributed by atoms with Crippen molar-refractivity contribution in [3.63, 3.8) is 0 Å². The number of anilines is 1. The highest BCUT2D eigenvalue weighted by molar-refractivity contribution is 6.12. The fourth-order valence-electron chi connectivity index (χ4n) is 2.93. The summed E-state index contributed by atoms with van der Waals surface area (Å²) in [4.78, 5) is 2.08. The Morgan fingerprint density at radius 1 is 1.04 bits per heavy atom. The quantitative estimate of drug-likeness (QED) is 0.809. The standard InChI is InChI=1S/C21H22N2/c1-15-9-10-17(13-15)19-12-11-18(23(2)3)14-20(19)21(22)16-7-5-4-6-8-16/h4-14,17,22H,1-3H3. The summed E-state index contributed by atoms with van der Waals surface area (Å²) in [5.41, 5.74) is 6.12. The van der Waals surface area contributed by atoms with Gasteiger partial charge in [0.1, 0.15) is 0 Å². The normalized spacial score (nSPS) is 16.3. The van der Waals surface area contributed by atoms with E-state index in [4.69, 9.17) is 5.41 Å². The van der Waals surface area contributed by atoms with Gasteiger partial charge in [0.15, 0.2) is 0 Å². The predicted octanol–water partition coefficient (Wildman–Crippen LogP) is 4.77. The molecule has 23 heavy (non-hydrogen) atoms. The molecular formula is C21H22N2. The molecule has 1 atom stereocenters. The van der Waals surface area contributed by atoms with E-state index < -0.39 is 0 Å². The maximum atomic E-state index is 8.70. The number of allylic oxidation sites excluding steroid dienone is 4. The van der Waals surface area contributed by atoms with Crippen molar-refractivity contribution in [2.75, 3.05) is 19.0 Å². The highest BCUT2D eigenvalue weighted by Gasteiger charge is 2.18. The third kappa shape index (κ3) is 3.11. The minimum Gasteiger partial charge on any atom is -0.378 e. The third-order valence-electron chi connectivity index (χ3n) is 4.25. The molecule has 0 saturated heterocycles. The molecule has 1 aliphatic rings. The van der Waals surface area contributed by atoms with Crippen LogP contribution in [0.25, 0.3) is 0 Å². The molecule has 2 aromatic carbocycles. The maximum absolute atomic E-state index is 8.70. The summed E-state index contributed by atoms with van der Waals surface area (Å²) in [5.74, 6) is 0.255. The summed E-state index contributed by atoms with van der Waals surface area (Å²) in [6.07, 6.45) is 6.62. The van der Waals surface area contributed by atoms with E-state index in [1.807, 2.05) is 44.4 Å². The molecule has 0 bridgehead atoms. The van der Waals surface area contributed by atoms with Crippen molar-refractivity contribution in [2.24, 2.45) is 0 Å². The van der Waals surface area contributed by atoms with Crippen LogP contribution >= 0.6 is 0 Å². The van der Waals surface area contributed by atoms with Gasteiger partial charge in [0.05, 0.1) is 5.71 Å². The summed E-state index contributed by atoms with van der Waals surface area (Å²) in [5, 5.41) is 8.70. The Morgan fingerprint density at radius 3 is 2.39 bits per heavy atom. The van der Waals surface area contributed by atoms with Crippen molar-refractivity contribution in [3.05, 3.63) is 89.0 Å². The van der Waals surface area contributed by atoms with E-state index in [0.717, 1.165) is 16.8 Å². The van der Waals surface area contributed by atoms with Gasteiger partial charge >= 0.3 is 0 Å². The monoisotopic (exact) mass is 302 g/mol. The summed E-state index contributed by atoms with van der Waals surface area (Å²) in [7, 11) is 4.06. The van der Waals surface area contributed by atoms with E-state index >= 15 is 0 Å². The second-order valence-electron chi connectivity index (χ2n) is 6.20. The van der Waals surface area contributed by atoms with Gasteiger partial charge < -0.3 is 4.90 Å². The number of rotatable bonds is 4. The van der Waals surface area contributed by atoms with Crippen LogP contribution in [0, 0.1) is 5.41 Å². The lowest BCUT2D eigenvalue weighted by atomic mass is 9.89. The van der Waals surface area contributed by atoms with Crippen molar-refractivity contribution in [1.29, 1.82) is 5.41 Å². The molecule has 1 unspecified atom stereocenters. The molecule has 0 heterocycles. The Labute approximate surface area is 138 Å². The van der Waals surface area contributed by atoms with Crippen molar-refractivity contribution in [3.8, 4) is 0 Å². The number of benzene rings is 2. The Hall–Kier alpha value is -2.61. The lowest BCUT2D eigenvalue weighted by molar-refractivity contribution is 1.07. The molecular weight excluding hydrogens is 280 g/mol. The molecule has 0 aromatic heterocycles. The first kappa shape index (κ1) is 15.3. The zero-order chi connectivity index (χ0) is 16.4. The van der Waals surface area contributed by atoms with Crippen LogP contribution in [0.4, 0.5) is 5.69 Å². The van der Waals surface area contributed by atoms with E-state index in [9.17, 15) is 0 Å². The van der Waals surface area contributed by atoms with Gasteiger partial charge in [-0.05, 0) is 24.6 Å². The van der Waals surface area contributed by atoms with Crippen LogP contribution in [0.5, 0.6) is 0 Å². The second kappa shape index (κ2) is 6.25. The molecule has 2 nitrogen and oxygen atoms in total. The van der Waals surface area contributed by atoms with Gasteiger partial charge in [-0.1, -0.05) is 60.2 Å². The van der Waals surface area contributed by atoms with Gasteiger partial charge in [-0.3, -0.25) is 5.41 Å². The molecule has 2 aromatic rings. The largest absolute Gasteiger partial charge is 0.378 e. The molecule has 2 heteroatoms. The van der Waals surface area contributed by atoms with Gasteiger partial charge in [0.25, 0.3) is 0 Å². The lowest BCUT2D eigenvalue weighted by Crippen LogP contribution is -2.12. The van der Waals surface area contributed by atoms with Crippen LogP contribution in [0.1, 0.15) is 29.5 Å². The topological polar surface area (TPSA) is 27.1 Å². The van der Waals surface area contributed by atoms with Gasteiger partial charge in [-0.15, -0.1) is 0 Å². The van der Waals surface area contributed by atoms with E-state index in [0.29, 0.717) is 5.71 Å². The van der Waals surface area contributed by atoms with Crippen molar-refractivity contribution in [1.82, 2.24) is 0 Å². The first-order valence-corrected chi connectivity index (χ1v) is 7.88. The predicted molar refractivity (Wildman–Crippen MR) is 98.8 cm³/mol. The van der Waals surface area contributed by atoms with Crippen LogP contribution in [0.3, 0.4) is 0 Å². The summed E-state index contributed by atoms with van der Waals surface area (Å²) in [6, 6.07) is 16.4. The first-order valence-electron chi connectivity index (χ1n) is 7.88. The molecule has 0 aliphatic heterocycles. The third-order valence-corrected chi connectivity index (χ3v) is 4.25. The second-order valence-corrected chi connectivity index (χ2v) is 6.20. The molecule has 0 radical (unpaired) electrons. The lowest BCUT2D eigenvalue weighted by Gasteiger charge is -2.19. The first-order chi connectivity index (χ1) is 11.1.